The Bertz CT molecular complexity index is 739. The highest BCUT2D eigenvalue weighted by Crippen LogP contribution is 2.78. The van der Waals surface area contributed by atoms with E-state index in [9.17, 15) is 83.4 Å². The lowest BCUT2D eigenvalue weighted by atomic mass is 9.62. The second kappa shape index (κ2) is 5.16. The van der Waals surface area contributed by atoms with Crippen molar-refractivity contribution in [3.8, 4) is 0 Å². The molecule has 20 heteroatoms. The molecule has 1 nitrogen and oxygen atoms in total. The van der Waals surface area contributed by atoms with Crippen LogP contribution in [0.25, 0.3) is 0 Å². The molecular formula is C10F19N. The minimum absolute atomic E-state index is 4.67. The van der Waals surface area contributed by atoms with Gasteiger partial charge in [0.25, 0.3) is 5.79 Å². The fraction of sp³-hybridized carbons (Fsp3) is 1.00. The predicted octanol–water partition coefficient (Wildman–Crippen LogP) is 5.61. The number of rotatable bonds is 0. The third-order valence-electron chi connectivity index (χ3n) is 4.54. The lowest BCUT2D eigenvalue weighted by Crippen LogP contribution is -2.98. The highest BCUT2D eigenvalue weighted by molar-refractivity contribution is 5.37. The van der Waals surface area contributed by atoms with E-state index in [1.54, 1.807) is 0 Å². The Hall–Kier alpha value is -1.37. The van der Waals surface area contributed by atoms with Gasteiger partial charge in [0.1, 0.15) is 0 Å². The zero-order valence-corrected chi connectivity index (χ0v) is 12.6. The molecule has 2 aliphatic rings. The molecule has 0 bridgehead atoms. The SMILES string of the molecule is FC(F)(F)N1C(F)(F)C(F)(F)C(F)(F)C2(F)C(F)(F)C(F)(F)C(F)(F)C(F)(F)C12F. The maximum atomic E-state index is 14.5. The van der Waals surface area contributed by atoms with E-state index in [4.69, 9.17) is 0 Å². The van der Waals surface area contributed by atoms with E-state index >= 15 is 0 Å². The summed E-state index contributed by atoms with van der Waals surface area (Å²) >= 11 is 0. The molecule has 30 heavy (non-hydrogen) atoms. The summed E-state index contributed by atoms with van der Waals surface area (Å²) in [6, 6.07) is -8.18. The van der Waals surface area contributed by atoms with Gasteiger partial charge < -0.3 is 0 Å². The Balaban J connectivity index is 3.26. The molecule has 178 valence electrons. The van der Waals surface area contributed by atoms with Gasteiger partial charge in [-0.25, -0.2) is 8.78 Å². The van der Waals surface area contributed by atoms with Crippen LogP contribution in [0.3, 0.4) is 0 Å². The van der Waals surface area contributed by atoms with E-state index in [1.807, 2.05) is 0 Å². The van der Waals surface area contributed by atoms with Gasteiger partial charge in [-0.2, -0.15) is 74.6 Å². The number of piperidine rings is 1. The minimum atomic E-state index is -8.69. The molecule has 0 spiro atoms. The molecule has 2 rings (SSSR count). The van der Waals surface area contributed by atoms with E-state index in [0.717, 1.165) is 0 Å². The van der Waals surface area contributed by atoms with Gasteiger partial charge in [-0.3, -0.25) is 0 Å². The van der Waals surface area contributed by atoms with Crippen LogP contribution in [0.1, 0.15) is 0 Å². The Kier molecular flexibility index (Phi) is 4.28. The van der Waals surface area contributed by atoms with Gasteiger partial charge >= 0.3 is 53.6 Å². The molecule has 1 aliphatic heterocycles. The molecule has 1 saturated carbocycles. The summed E-state index contributed by atoms with van der Waals surface area (Å²) in [6.07, 6.45) is -8.02. The number of hydrogen-bond donors (Lipinski definition) is 0. The first-order chi connectivity index (χ1) is 12.6. The van der Waals surface area contributed by atoms with Crippen LogP contribution in [0.2, 0.25) is 0 Å². The van der Waals surface area contributed by atoms with Crippen LogP contribution in [0.5, 0.6) is 0 Å². The van der Waals surface area contributed by atoms with E-state index in [0.29, 0.717) is 0 Å². The number of nitrogens with zero attached hydrogens (tertiary/aromatic N) is 1. The summed E-state index contributed by atoms with van der Waals surface area (Å²) in [5, 5.41) is 0. The molecule has 0 radical (unpaired) electrons. The number of fused-ring (bicyclic) bond motifs is 1. The van der Waals surface area contributed by atoms with Gasteiger partial charge in [-0.1, -0.05) is 0 Å². The van der Waals surface area contributed by atoms with Crippen molar-refractivity contribution in [1.29, 1.82) is 0 Å². The van der Waals surface area contributed by atoms with Gasteiger partial charge in [0.05, 0.1) is 0 Å². The van der Waals surface area contributed by atoms with Crippen LogP contribution in [0.4, 0.5) is 83.4 Å². The highest BCUT2D eigenvalue weighted by atomic mass is 19.4. The molecule has 2 fully saturated rings. The lowest BCUT2D eigenvalue weighted by molar-refractivity contribution is -0.587. The van der Waals surface area contributed by atoms with Crippen LogP contribution in [0, 0.1) is 0 Å². The van der Waals surface area contributed by atoms with Crippen LogP contribution in [-0.4, -0.2) is 64.2 Å². The maximum Gasteiger partial charge on any atom is 0.467 e. The van der Waals surface area contributed by atoms with Crippen molar-refractivity contribution >= 4 is 0 Å². The first-order valence-electron chi connectivity index (χ1n) is 6.51. The van der Waals surface area contributed by atoms with Crippen molar-refractivity contribution in [2.24, 2.45) is 0 Å². The Morgan fingerprint density at radius 2 is 0.700 bits per heavy atom. The Labute approximate surface area is 149 Å². The van der Waals surface area contributed by atoms with E-state index < -0.39 is 64.2 Å². The van der Waals surface area contributed by atoms with Crippen molar-refractivity contribution in [2.45, 2.75) is 59.3 Å². The molecule has 0 N–H and O–H groups in total. The smallest absolute Gasteiger partial charge is 0.224 e. The van der Waals surface area contributed by atoms with Crippen molar-refractivity contribution in [3.63, 3.8) is 0 Å². The molecule has 0 aromatic rings. The molecule has 2 unspecified atom stereocenters. The van der Waals surface area contributed by atoms with E-state index in [-0.39, 0.29) is 0 Å². The van der Waals surface area contributed by atoms with Gasteiger partial charge in [0.15, 0.2) is 0 Å². The molecule has 1 aliphatic carbocycles. The first kappa shape index (κ1) is 24.9. The van der Waals surface area contributed by atoms with Crippen molar-refractivity contribution in [1.82, 2.24) is 4.90 Å². The van der Waals surface area contributed by atoms with E-state index in [1.165, 1.54) is 0 Å². The average molecular weight is 495 g/mol. The normalized spacial score (nSPS) is 40.5. The van der Waals surface area contributed by atoms with Crippen molar-refractivity contribution < 1.29 is 83.4 Å². The summed E-state index contributed by atoms with van der Waals surface area (Å²) in [5.74, 6) is -59.1. The number of likely N-dealkylation sites (tertiary alicyclic amines) is 1. The molecule has 0 aromatic carbocycles. The molecule has 0 aromatic heterocycles. The number of alkyl halides is 19. The Morgan fingerprint density at radius 3 is 1.03 bits per heavy atom. The summed E-state index contributed by atoms with van der Waals surface area (Å²) in [6.45, 7) is 0. The summed E-state index contributed by atoms with van der Waals surface area (Å²) < 4.78 is 255. The average Bonchev–Trinajstić information content (AvgIpc) is 2.48. The summed E-state index contributed by atoms with van der Waals surface area (Å²) in [5.41, 5.74) is -8.69. The molecule has 1 heterocycles. The largest absolute Gasteiger partial charge is 0.467 e. The zero-order chi connectivity index (χ0) is 24.6. The maximum absolute atomic E-state index is 14.5. The van der Waals surface area contributed by atoms with Crippen molar-refractivity contribution in [2.75, 3.05) is 0 Å². The first-order valence-corrected chi connectivity index (χ1v) is 6.51. The quantitative estimate of drug-likeness (QED) is 0.312. The third-order valence-corrected chi connectivity index (χ3v) is 4.54. The second-order valence-corrected chi connectivity index (χ2v) is 6.07. The van der Waals surface area contributed by atoms with E-state index in [2.05, 4.69) is 0 Å². The van der Waals surface area contributed by atoms with Crippen LogP contribution < -0.4 is 0 Å². The van der Waals surface area contributed by atoms with Crippen LogP contribution >= 0.6 is 0 Å². The van der Waals surface area contributed by atoms with Crippen LogP contribution in [0.15, 0.2) is 0 Å². The molecule has 2 atom stereocenters. The molecular weight excluding hydrogens is 495 g/mol. The number of hydrogen-bond acceptors (Lipinski definition) is 1. The fourth-order valence-corrected chi connectivity index (χ4v) is 3.02. The minimum Gasteiger partial charge on any atom is -0.224 e. The fourth-order valence-electron chi connectivity index (χ4n) is 3.02. The predicted molar refractivity (Wildman–Crippen MR) is 50.2 cm³/mol. The lowest BCUT2D eigenvalue weighted by Gasteiger charge is -2.64. The Morgan fingerprint density at radius 1 is 0.400 bits per heavy atom. The van der Waals surface area contributed by atoms with Gasteiger partial charge in [-0.15, -0.1) is 4.90 Å². The monoisotopic (exact) mass is 495 g/mol. The number of halogens is 19. The summed E-state index contributed by atoms with van der Waals surface area (Å²) in [7, 11) is 0. The van der Waals surface area contributed by atoms with Gasteiger partial charge in [0, 0.05) is 0 Å². The van der Waals surface area contributed by atoms with Gasteiger partial charge in [-0.05, 0) is 0 Å². The molecule has 1 saturated heterocycles. The second-order valence-electron chi connectivity index (χ2n) is 6.07. The van der Waals surface area contributed by atoms with Crippen LogP contribution in [-0.2, 0) is 0 Å². The van der Waals surface area contributed by atoms with Crippen molar-refractivity contribution in [3.05, 3.63) is 0 Å². The standard InChI is InChI=1S/C10F19N/c11-1-2(12,13)4(16,17)5(18,19)6(20,21)8(1,24)30(10(27,28)29)9(25,26)7(22,23)3(1,14)15. The third kappa shape index (κ3) is 1.84. The zero-order valence-electron chi connectivity index (χ0n) is 12.6. The summed E-state index contributed by atoms with van der Waals surface area (Å²) in [4.78, 5) is -4.67. The highest BCUT2D eigenvalue weighted by Gasteiger charge is 3.12. The molecule has 0 amide bonds. The topological polar surface area (TPSA) is 3.24 Å². The van der Waals surface area contributed by atoms with Gasteiger partial charge in [0.2, 0.25) is 0 Å².